The third-order valence-electron chi connectivity index (χ3n) is 3.45. The summed E-state index contributed by atoms with van der Waals surface area (Å²) in [6.45, 7) is 7.61. The molecule has 0 heterocycles. The van der Waals surface area contributed by atoms with Crippen molar-refractivity contribution in [3.63, 3.8) is 0 Å². The maximum atomic E-state index is 12.8. The van der Waals surface area contributed by atoms with E-state index in [1.54, 1.807) is 12.1 Å². The first-order valence-corrected chi connectivity index (χ1v) is 6.69. The van der Waals surface area contributed by atoms with Crippen LogP contribution >= 0.6 is 0 Å². The van der Waals surface area contributed by atoms with Gasteiger partial charge in [-0.1, -0.05) is 45.7 Å². The second-order valence-corrected chi connectivity index (χ2v) is 4.57. The zero-order valence-corrected chi connectivity index (χ0v) is 11.2. The van der Waals surface area contributed by atoms with Crippen LogP contribution in [0.4, 0.5) is 4.39 Å². The molecule has 0 bridgehead atoms. The predicted octanol–water partition coefficient (Wildman–Crippen LogP) is 3.78. The molecule has 2 heteroatoms. The SMILES string of the molecule is CCNC(Cc1ccc(F)cc1)C(CC)CC. The summed E-state index contributed by atoms with van der Waals surface area (Å²) in [6.07, 6.45) is 3.37. The van der Waals surface area contributed by atoms with E-state index in [-0.39, 0.29) is 5.82 Å². The Morgan fingerprint density at radius 2 is 1.65 bits per heavy atom. The van der Waals surface area contributed by atoms with Gasteiger partial charge in [0, 0.05) is 6.04 Å². The maximum Gasteiger partial charge on any atom is 0.123 e. The Morgan fingerprint density at radius 1 is 1.06 bits per heavy atom. The Balaban J connectivity index is 2.68. The lowest BCUT2D eigenvalue weighted by atomic mass is 9.89. The van der Waals surface area contributed by atoms with E-state index in [9.17, 15) is 4.39 Å². The monoisotopic (exact) mass is 237 g/mol. The van der Waals surface area contributed by atoms with Crippen molar-refractivity contribution >= 4 is 0 Å². The van der Waals surface area contributed by atoms with Crippen molar-refractivity contribution in [2.45, 2.75) is 46.1 Å². The van der Waals surface area contributed by atoms with Crippen molar-refractivity contribution in [1.82, 2.24) is 5.32 Å². The van der Waals surface area contributed by atoms with Crippen LogP contribution in [0.3, 0.4) is 0 Å². The fraction of sp³-hybridized carbons (Fsp3) is 0.600. The van der Waals surface area contributed by atoms with E-state index < -0.39 is 0 Å². The minimum Gasteiger partial charge on any atom is -0.314 e. The van der Waals surface area contributed by atoms with Gasteiger partial charge in [-0.3, -0.25) is 0 Å². The Hall–Kier alpha value is -0.890. The van der Waals surface area contributed by atoms with Crippen LogP contribution in [0.15, 0.2) is 24.3 Å². The van der Waals surface area contributed by atoms with Crippen LogP contribution < -0.4 is 5.32 Å². The van der Waals surface area contributed by atoms with Crippen LogP contribution in [0.5, 0.6) is 0 Å². The molecule has 1 atom stereocenters. The standard InChI is InChI=1S/C15H24FN/c1-4-13(5-2)15(17-6-3)11-12-7-9-14(16)10-8-12/h7-10,13,15,17H,4-6,11H2,1-3H3. The molecule has 1 aromatic carbocycles. The van der Waals surface area contributed by atoms with E-state index in [4.69, 9.17) is 0 Å². The van der Waals surface area contributed by atoms with Gasteiger partial charge in [0.15, 0.2) is 0 Å². The summed E-state index contributed by atoms with van der Waals surface area (Å²) in [5.41, 5.74) is 1.21. The normalized spacial score (nSPS) is 13.0. The molecule has 1 unspecified atom stereocenters. The highest BCUT2D eigenvalue weighted by Gasteiger charge is 2.17. The van der Waals surface area contributed by atoms with Gasteiger partial charge in [-0.15, -0.1) is 0 Å². The van der Waals surface area contributed by atoms with E-state index in [2.05, 4.69) is 26.1 Å². The van der Waals surface area contributed by atoms with Crippen LogP contribution in [0.25, 0.3) is 0 Å². The molecule has 1 nitrogen and oxygen atoms in total. The van der Waals surface area contributed by atoms with Crippen LogP contribution in [0, 0.1) is 11.7 Å². The molecule has 0 saturated carbocycles. The summed E-state index contributed by atoms with van der Waals surface area (Å²) >= 11 is 0. The number of hydrogen-bond acceptors (Lipinski definition) is 1. The molecule has 0 aromatic heterocycles. The molecular formula is C15H24FN. The zero-order valence-electron chi connectivity index (χ0n) is 11.2. The Kier molecular flexibility index (Phi) is 6.20. The van der Waals surface area contributed by atoms with E-state index >= 15 is 0 Å². The van der Waals surface area contributed by atoms with E-state index in [1.165, 1.54) is 18.4 Å². The van der Waals surface area contributed by atoms with Gasteiger partial charge < -0.3 is 5.32 Å². The van der Waals surface area contributed by atoms with Crippen molar-refractivity contribution in [3.05, 3.63) is 35.6 Å². The van der Waals surface area contributed by atoms with Gasteiger partial charge in [0.05, 0.1) is 0 Å². The molecule has 96 valence electrons. The fourth-order valence-electron chi connectivity index (χ4n) is 2.40. The first-order chi connectivity index (χ1) is 8.21. The number of benzene rings is 1. The number of halogens is 1. The molecule has 0 saturated heterocycles. The second-order valence-electron chi connectivity index (χ2n) is 4.57. The zero-order chi connectivity index (χ0) is 12.7. The number of likely N-dealkylation sites (N-methyl/N-ethyl adjacent to an activating group) is 1. The largest absolute Gasteiger partial charge is 0.314 e. The van der Waals surface area contributed by atoms with Crippen LogP contribution in [-0.4, -0.2) is 12.6 Å². The van der Waals surface area contributed by atoms with E-state index in [1.807, 2.05) is 12.1 Å². The van der Waals surface area contributed by atoms with Gasteiger partial charge in [-0.25, -0.2) is 4.39 Å². The summed E-state index contributed by atoms with van der Waals surface area (Å²) in [7, 11) is 0. The highest BCUT2D eigenvalue weighted by molar-refractivity contribution is 5.17. The van der Waals surface area contributed by atoms with Crippen molar-refractivity contribution < 1.29 is 4.39 Å². The molecule has 17 heavy (non-hydrogen) atoms. The molecule has 0 aliphatic rings. The van der Waals surface area contributed by atoms with Crippen LogP contribution in [-0.2, 0) is 6.42 Å². The molecule has 1 aromatic rings. The number of hydrogen-bond donors (Lipinski definition) is 1. The minimum absolute atomic E-state index is 0.156. The highest BCUT2D eigenvalue weighted by Crippen LogP contribution is 2.17. The highest BCUT2D eigenvalue weighted by atomic mass is 19.1. The van der Waals surface area contributed by atoms with Gasteiger partial charge in [-0.05, 0) is 36.6 Å². The van der Waals surface area contributed by atoms with Gasteiger partial charge >= 0.3 is 0 Å². The molecule has 0 aliphatic carbocycles. The lowest BCUT2D eigenvalue weighted by molar-refractivity contribution is 0.336. The molecule has 1 N–H and O–H groups in total. The van der Waals surface area contributed by atoms with Crippen molar-refractivity contribution in [1.29, 1.82) is 0 Å². The summed E-state index contributed by atoms with van der Waals surface area (Å²) in [5.74, 6) is 0.538. The summed E-state index contributed by atoms with van der Waals surface area (Å²) in [5, 5.41) is 3.55. The van der Waals surface area contributed by atoms with Crippen LogP contribution in [0.2, 0.25) is 0 Å². The second kappa shape index (κ2) is 7.44. The number of nitrogens with one attached hydrogen (secondary N) is 1. The van der Waals surface area contributed by atoms with Gasteiger partial charge in [0.1, 0.15) is 5.82 Å². The van der Waals surface area contributed by atoms with Crippen LogP contribution in [0.1, 0.15) is 39.2 Å². The average Bonchev–Trinajstić information content (AvgIpc) is 2.34. The first-order valence-electron chi connectivity index (χ1n) is 6.69. The Morgan fingerprint density at radius 3 is 2.12 bits per heavy atom. The summed E-state index contributed by atoms with van der Waals surface area (Å²) in [4.78, 5) is 0. The topological polar surface area (TPSA) is 12.0 Å². The summed E-state index contributed by atoms with van der Waals surface area (Å²) in [6, 6.07) is 7.38. The lowest BCUT2D eigenvalue weighted by Crippen LogP contribution is -2.37. The minimum atomic E-state index is -0.156. The lowest BCUT2D eigenvalue weighted by Gasteiger charge is -2.26. The maximum absolute atomic E-state index is 12.8. The Labute approximate surface area is 104 Å². The first kappa shape index (κ1) is 14.2. The molecule has 0 aliphatic heterocycles. The smallest absolute Gasteiger partial charge is 0.123 e. The van der Waals surface area contributed by atoms with Gasteiger partial charge in [0.25, 0.3) is 0 Å². The van der Waals surface area contributed by atoms with E-state index in [0.717, 1.165) is 13.0 Å². The third kappa shape index (κ3) is 4.47. The fourth-order valence-corrected chi connectivity index (χ4v) is 2.40. The van der Waals surface area contributed by atoms with Crippen molar-refractivity contribution in [2.75, 3.05) is 6.54 Å². The molecule has 0 fully saturated rings. The molecule has 0 spiro atoms. The summed E-state index contributed by atoms with van der Waals surface area (Å²) < 4.78 is 12.8. The number of rotatable bonds is 7. The quantitative estimate of drug-likeness (QED) is 0.761. The molecule has 0 amide bonds. The van der Waals surface area contributed by atoms with Crippen molar-refractivity contribution in [2.24, 2.45) is 5.92 Å². The molecule has 0 radical (unpaired) electrons. The molecule has 1 rings (SSSR count). The Bertz CT molecular complexity index is 303. The van der Waals surface area contributed by atoms with Gasteiger partial charge in [-0.2, -0.15) is 0 Å². The molecular weight excluding hydrogens is 213 g/mol. The van der Waals surface area contributed by atoms with E-state index in [0.29, 0.717) is 12.0 Å². The average molecular weight is 237 g/mol. The van der Waals surface area contributed by atoms with Crippen molar-refractivity contribution in [3.8, 4) is 0 Å². The van der Waals surface area contributed by atoms with Gasteiger partial charge in [0.2, 0.25) is 0 Å². The third-order valence-corrected chi connectivity index (χ3v) is 3.45. The predicted molar refractivity (Wildman–Crippen MR) is 71.6 cm³/mol.